The Bertz CT molecular complexity index is 689. The largest absolute Gasteiger partial charge is 0.497 e. The molecule has 18 heavy (non-hydrogen) atoms. The fourth-order valence-corrected chi connectivity index (χ4v) is 1.79. The zero-order chi connectivity index (χ0) is 12.5. The first kappa shape index (κ1) is 10.6. The number of hydrogen-bond donors (Lipinski definition) is 1. The Hall–Kier alpha value is -2.56. The van der Waals surface area contributed by atoms with Crippen molar-refractivity contribution in [3.8, 4) is 22.9 Å². The number of aromatic nitrogens is 3. The molecule has 0 saturated heterocycles. The molecule has 0 aliphatic carbocycles. The highest BCUT2D eigenvalue weighted by Crippen LogP contribution is 2.23. The van der Waals surface area contributed by atoms with Gasteiger partial charge in [-0.3, -0.25) is 0 Å². The van der Waals surface area contributed by atoms with E-state index in [9.17, 15) is 5.11 Å². The lowest BCUT2D eigenvalue weighted by Gasteiger charge is -2.00. The van der Waals surface area contributed by atoms with Crippen LogP contribution in [0, 0.1) is 0 Å². The van der Waals surface area contributed by atoms with Gasteiger partial charge in [-0.1, -0.05) is 0 Å². The van der Waals surface area contributed by atoms with Crippen molar-refractivity contribution in [3.63, 3.8) is 0 Å². The minimum atomic E-state index is 0.0692. The van der Waals surface area contributed by atoms with E-state index >= 15 is 0 Å². The zero-order valence-corrected chi connectivity index (χ0v) is 9.74. The summed E-state index contributed by atoms with van der Waals surface area (Å²) in [5, 5.41) is 14.0. The van der Waals surface area contributed by atoms with Gasteiger partial charge in [0.1, 0.15) is 5.75 Å². The molecule has 5 nitrogen and oxygen atoms in total. The number of rotatable bonds is 2. The van der Waals surface area contributed by atoms with Gasteiger partial charge in [-0.2, -0.15) is 9.61 Å². The highest BCUT2D eigenvalue weighted by atomic mass is 16.5. The molecule has 0 aliphatic heterocycles. The second kappa shape index (κ2) is 4.03. The Balaban J connectivity index is 2.10. The molecule has 3 aromatic rings. The summed E-state index contributed by atoms with van der Waals surface area (Å²) in [7, 11) is 1.63. The number of methoxy groups -OCH3 is 1. The van der Waals surface area contributed by atoms with E-state index in [0.29, 0.717) is 5.65 Å². The molecular formula is C13H11N3O2. The summed E-state index contributed by atoms with van der Waals surface area (Å²) in [4.78, 5) is 4.14. The molecule has 0 aliphatic rings. The molecule has 1 aromatic carbocycles. The second-order valence-electron chi connectivity index (χ2n) is 3.83. The second-order valence-corrected chi connectivity index (χ2v) is 3.83. The van der Waals surface area contributed by atoms with Crippen LogP contribution in [0.4, 0.5) is 0 Å². The van der Waals surface area contributed by atoms with E-state index in [1.165, 1.54) is 10.6 Å². The van der Waals surface area contributed by atoms with Gasteiger partial charge in [-0.25, -0.2) is 4.98 Å². The van der Waals surface area contributed by atoms with Crippen molar-refractivity contribution in [1.82, 2.24) is 14.6 Å². The maximum absolute atomic E-state index is 9.65. The smallest absolute Gasteiger partial charge is 0.215 e. The summed E-state index contributed by atoms with van der Waals surface area (Å²) in [6, 6.07) is 10.9. The lowest BCUT2D eigenvalue weighted by molar-refractivity contribution is 0.415. The number of hydrogen-bond acceptors (Lipinski definition) is 4. The van der Waals surface area contributed by atoms with E-state index in [1.807, 2.05) is 30.3 Å². The maximum Gasteiger partial charge on any atom is 0.215 e. The predicted octanol–water partition coefficient (Wildman–Crippen LogP) is 2.11. The normalized spacial score (nSPS) is 10.7. The first-order chi connectivity index (χ1) is 8.78. The fraction of sp³-hybridized carbons (Fsp3) is 0.0769. The van der Waals surface area contributed by atoms with Crippen LogP contribution in [0.5, 0.6) is 11.6 Å². The van der Waals surface area contributed by atoms with Crippen molar-refractivity contribution < 1.29 is 9.84 Å². The summed E-state index contributed by atoms with van der Waals surface area (Å²) < 4.78 is 6.51. The van der Waals surface area contributed by atoms with Crippen LogP contribution in [0.15, 0.2) is 42.6 Å². The molecular weight excluding hydrogens is 230 g/mol. The van der Waals surface area contributed by atoms with E-state index in [-0.39, 0.29) is 5.88 Å². The van der Waals surface area contributed by atoms with Crippen molar-refractivity contribution in [1.29, 1.82) is 0 Å². The Kier molecular flexibility index (Phi) is 2.37. The molecule has 0 amide bonds. The van der Waals surface area contributed by atoms with Crippen LogP contribution in [0.2, 0.25) is 0 Å². The zero-order valence-electron chi connectivity index (χ0n) is 9.74. The number of aromatic hydroxyl groups is 1. The van der Waals surface area contributed by atoms with Crippen LogP contribution >= 0.6 is 0 Å². The van der Waals surface area contributed by atoms with E-state index < -0.39 is 0 Å². The monoisotopic (exact) mass is 241 g/mol. The summed E-state index contributed by atoms with van der Waals surface area (Å²) in [5.74, 6) is 0.864. The van der Waals surface area contributed by atoms with Crippen LogP contribution in [0.25, 0.3) is 16.9 Å². The topological polar surface area (TPSA) is 59.7 Å². The highest BCUT2D eigenvalue weighted by molar-refractivity contribution is 5.65. The molecule has 0 atom stereocenters. The van der Waals surface area contributed by atoms with E-state index in [0.717, 1.165) is 17.0 Å². The minimum absolute atomic E-state index is 0.0692. The molecule has 0 spiro atoms. The highest BCUT2D eigenvalue weighted by Gasteiger charge is 2.07. The third-order valence-corrected chi connectivity index (χ3v) is 2.72. The minimum Gasteiger partial charge on any atom is -0.497 e. The molecule has 2 heterocycles. The van der Waals surface area contributed by atoms with Gasteiger partial charge >= 0.3 is 0 Å². The molecule has 3 rings (SSSR count). The third-order valence-electron chi connectivity index (χ3n) is 2.72. The van der Waals surface area contributed by atoms with Gasteiger partial charge in [-0.05, 0) is 24.3 Å². The van der Waals surface area contributed by atoms with Crippen LogP contribution < -0.4 is 4.74 Å². The predicted molar refractivity (Wildman–Crippen MR) is 66.6 cm³/mol. The van der Waals surface area contributed by atoms with Gasteiger partial charge in [-0.15, -0.1) is 0 Å². The Morgan fingerprint density at radius 3 is 2.61 bits per heavy atom. The molecule has 90 valence electrons. The van der Waals surface area contributed by atoms with Crippen molar-refractivity contribution in [3.05, 3.63) is 42.6 Å². The van der Waals surface area contributed by atoms with Crippen molar-refractivity contribution in [2.24, 2.45) is 0 Å². The lowest BCUT2D eigenvalue weighted by Crippen LogP contribution is -1.89. The van der Waals surface area contributed by atoms with E-state index in [1.54, 1.807) is 13.3 Å². The molecule has 0 saturated carbocycles. The third kappa shape index (κ3) is 1.66. The fourth-order valence-electron chi connectivity index (χ4n) is 1.79. The van der Waals surface area contributed by atoms with Gasteiger partial charge < -0.3 is 9.84 Å². The number of benzene rings is 1. The molecule has 5 heteroatoms. The van der Waals surface area contributed by atoms with Crippen LogP contribution in [-0.2, 0) is 0 Å². The summed E-state index contributed by atoms with van der Waals surface area (Å²) in [6.07, 6.45) is 1.55. The standard InChI is InChI=1S/C13H11N3O2/c1-18-10-4-2-9(3-5-10)11-8-12-14-7-6-13(17)16(12)15-11/h2-8,17H,1H3. The van der Waals surface area contributed by atoms with Crippen LogP contribution in [0.3, 0.4) is 0 Å². The van der Waals surface area contributed by atoms with Crippen molar-refractivity contribution in [2.45, 2.75) is 0 Å². The average molecular weight is 241 g/mol. The first-order valence-electron chi connectivity index (χ1n) is 5.46. The molecule has 0 radical (unpaired) electrons. The first-order valence-corrected chi connectivity index (χ1v) is 5.46. The van der Waals surface area contributed by atoms with Crippen LogP contribution in [0.1, 0.15) is 0 Å². The Labute approximate surface area is 103 Å². The summed E-state index contributed by atoms with van der Waals surface area (Å²) >= 11 is 0. The van der Waals surface area contributed by atoms with Gasteiger partial charge in [0.05, 0.1) is 12.8 Å². The number of fused-ring (bicyclic) bond motifs is 1. The average Bonchev–Trinajstić information content (AvgIpc) is 2.84. The summed E-state index contributed by atoms with van der Waals surface area (Å²) in [6.45, 7) is 0. The van der Waals surface area contributed by atoms with Crippen molar-refractivity contribution in [2.75, 3.05) is 7.11 Å². The molecule has 1 N–H and O–H groups in total. The molecule has 0 fully saturated rings. The molecule has 0 bridgehead atoms. The number of ether oxygens (including phenoxy) is 1. The Morgan fingerprint density at radius 1 is 1.17 bits per heavy atom. The van der Waals surface area contributed by atoms with Crippen molar-refractivity contribution >= 4 is 5.65 Å². The van der Waals surface area contributed by atoms with E-state index in [4.69, 9.17) is 4.74 Å². The van der Waals surface area contributed by atoms with Gasteiger partial charge in [0.2, 0.25) is 5.88 Å². The van der Waals surface area contributed by atoms with Crippen LogP contribution in [-0.4, -0.2) is 26.8 Å². The van der Waals surface area contributed by atoms with Gasteiger partial charge in [0.15, 0.2) is 5.65 Å². The van der Waals surface area contributed by atoms with E-state index in [2.05, 4.69) is 10.1 Å². The molecule has 2 aromatic heterocycles. The van der Waals surface area contributed by atoms with Gasteiger partial charge in [0, 0.05) is 23.9 Å². The molecule has 0 unspecified atom stereocenters. The lowest BCUT2D eigenvalue weighted by atomic mass is 10.1. The Morgan fingerprint density at radius 2 is 1.94 bits per heavy atom. The van der Waals surface area contributed by atoms with Gasteiger partial charge in [0.25, 0.3) is 0 Å². The summed E-state index contributed by atoms with van der Waals surface area (Å²) in [5.41, 5.74) is 2.31. The number of nitrogens with zero attached hydrogens (tertiary/aromatic N) is 3. The SMILES string of the molecule is COc1ccc(-c2cc3nccc(O)n3n2)cc1. The maximum atomic E-state index is 9.65. The quantitative estimate of drug-likeness (QED) is 0.746.